The third-order valence-electron chi connectivity index (χ3n) is 6.89. The van der Waals surface area contributed by atoms with E-state index in [-0.39, 0.29) is 11.9 Å². The number of anilines is 2. The lowest BCUT2D eigenvalue weighted by molar-refractivity contribution is -0.122. The first-order chi connectivity index (χ1) is 16.7. The Morgan fingerprint density at radius 3 is 2.18 bits per heavy atom. The number of nitrogens with zero attached hydrogens (tertiary/aromatic N) is 5. The molecule has 0 spiro atoms. The van der Waals surface area contributed by atoms with Crippen molar-refractivity contribution in [3.8, 4) is 6.07 Å². The number of hydrogen-bond acceptors (Lipinski definition) is 6. The second-order valence-corrected chi connectivity index (χ2v) is 9.14. The molecule has 1 aliphatic carbocycles. The van der Waals surface area contributed by atoms with Gasteiger partial charge in [-0.3, -0.25) is 4.79 Å². The molecule has 2 aliphatic rings. The van der Waals surface area contributed by atoms with Gasteiger partial charge in [-0.15, -0.1) is 0 Å². The maximum Gasteiger partial charge on any atom is 0.243 e. The molecule has 1 aromatic heterocycles. The van der Waals surface area contributed by atoms with Crippen LogP contribution in [-0.2, 0) is 4.79 Å². The van der Waals surface area contributed by atoms with E-state index in [0.29, 0.717) is 17.0 Å². The molecule has 34 heavy (non-hydrogen) atoms. The number of fused-ring (bicyclic) bond motifs is 1. The summed E-state index contributed by atoms with van der Waals surface area (Å²) in [5.74, 6) is -0.596. The fourth-order valence-electron chi connectivity index (χ4n) is 5.02. The van der Waals surface area contributed by atoms with Gasteiger partial charge in [0.1, 0.15) is 5.69 Å². The van der Waals surface area contributed by atoms with Gasteiger partial charge in [-0.25, -0.2) is 9.97 Å². The number of aromatic nitrogens is 2. The largest absolute Gasteiger partial charge is 0.368 e. The van der Waals surface area contributed by atoms with Crippen LogP contribution < -0.4 is 15.1 Å². The van der Waals surface area contributed by atoms with Gasteiger partial charge in [0.2, 0.25) is 5.91 Å². The summed E-state index contributed by atoms with van der Waals surface area (Å²) in [7, 11) is 0. The van der Waals surface area contributed by atoms with E-state index in [1.807, 2.05) is 30.3 Å². The highest BCUT2D eigenvalue weighted by molar-refractivity contribution is 5.89. The molecule has 1 aliphatic heterocycles. The molecule has 1 saturated carbocycles. The SMILES string of the molecule is N#CC(C(=O)NC1CCCCC1)c1nc2ccccc2nc1N1CCN(c2ccccc2)CC1. The molecule has 2 heterocycles. The van der Waals surface area contributed by atoms with Crippen LogP contribution in [0.25, 0.3) is 11.0 Å². The lowest BCUT2D eigenvalue weighted by Crippen LogP contribution is -2.47. The Morgan fingerprint density at radius 1 is 0.882 bits per heavy atom. The third kappa shape index (κ3) is 4.67. The van der Waals surface area contributed by atoms with Crippen LogP contribution in [0.2, 0.25) is 0 Å². The van der Waals surface area contributed by atoms with Gasteiger partial charge >= 0.3 is 0 Å². The highest BCUT2D eigenvalue weighted by atomic mass is 16.2. The normalized spacial score (nSPS) is 17.9. The number of piperazine rings is 1. The summed E-state index contributed by atoms with van der Waals surface area (Å²) in [6, 6.07) is 20.4. The van der Waals surface area contributed by atoms with Crippen LogP contribution >= 0.6 is 0 Å². The van der Waals surface area contributed by atoms with Crippen molar-refractivity contribution in [2.75, 3.05) is 36.0 Å². The number of rotatable bonds is 5. The van der Waals surface area contributed by atoms with Crippen molar-refractivity contribution in [2.45, 2.75) is 44.1 Å². The van der Waals surface area contributed by atoms with Crippen LogP contribution in [0, 0.1) is 11.3 Å². The molecule has 2 aromatic carbocycles. The molecule has 1 N–H and O–H groups in total. The van der Waals surface area contributed by atoms with Gasteiger partial charge in [0, 0.05) is 37.9 Å². The third-order valence-corrected chi connectivity index (χ3v) is 6.89. The first kappa shape index (κ1) is 22.1. The van der Waals surface area contributed by atoms with Gasteiger partial charge in [-0.2, -0.15) is 5.26 Å². The molecule has 0 bridgehead atoms. The van der Waals surface area contributed by atoms with Gasteiger partial charge in [-0.1, -0.05) is 49.6 Å². The average Bonchev–Trinajstić information content (AvgIpc) is 2.90. The van der Waals surface area contributed by atoms with E-state index in [0.717, 1.165) is 57.4 Å². The maximum absolute atomic E-state index is 13.2. The molecule has 1 saturated heterocycles. The van der Waals surface area contributed by atoms with Gasteiger partial charge in [0.05, 0.1) is 17.1 Å². The lowest BCUT2D eigenvalue weighted by Gasteiger charge is -2.37. The van der Waals surface area contributed by atoms with E-state index >= 15 is 0 Å². The van der Waals surface area contributed by atoms with Crippen LogP contribution in [0.1, 0.15) is 43.7 Å². The van der Waals surface area contributed by atoms with Crippen molar-refractivity contribution < 1.29 is 4.79 Å². The van der Waals surface area contributed by atoms with Crippen LogP contribution in [0.3, 0.4) is 0 Å². The number of nitrogens with one attached hydrogen (secondary N) is 1. The zero-order chi connectivity index (χ0) is 23.3. The van der Waals surface area contributed by atoms with Crippen molar-refractivity contribution in [1.82, 2.24) is 15.3 Å². The summed E-state index contributed by atoms with van der Waals surface area (Å²) in [6.07, 6.45) is 5.40. The van der Waals surface area contributed by atoms with Gasteiger partial charge in [0.15, 0.2) is 11.7 Å². The monoisotopic (exact) mass is 454 g/mol. The van der Waals surface area contributed by atoms with Crippen LogP contribution in [0.4, 0.5) is 11.5 Å². The molecular formula is C27H30N6O. The summed E-state index contributed by atoms with van der Waals surface area (Å²) in [6.45, 7) is 3.17. The quantitative estimate of drug-likeness (QED) is 0.627. The molecular weight excluding hydrogens is 424 g/mol. The molecule has 3 aromatic rings. The average molecular weight is 455 g/mol. The fraction of sp³-hybridized carbons (Fsp3) is 0.407. The Balaban J connectivity index is 1.43. The number of hydrogen-bond donors (Lipinski definition) is 1. The molecule has 5 rings (SSSR count). The van der Waals surface area contributed by atoms with E-state index in [1.54, 1.807) is 0 Å². The predicted octanol–water partition coefficient (Wildman–Crippen LogP) is 4.01. The minimum Gasteiger partial charge on any atom is -0.368 e. The minimum absolute atomic E-state index is 0.142. The zero-order valence-corrected chi connectivity index (χ0v) is 19.4. The summed E-state index contributed by atoms with van der Waals surface area (Å²) in [4.78, 5) is 27.5. The molecule has 1 unspecified atom stereocenters. The Morgan fingerprint density at radius 2 is 1.50 bits per heavy atom. The topological polar surface area (TPSA) is 85.1 Å². The van der Waals surface area contributed by atoms with Crippen LogP contribution in [0.5, 0.6) is 0 Å². The van der Waals surface area contributed by atoms with Crippen molar-refractivity contribution in [1.29, 1.82) is 5.26 Å². The summed E-state index contributed by atoms with van der Waals surface area (Å²) in [5, 5.41) is 13.2. The predicted molar refractivity (Wildman–Crippen MR) is 134 cm³/mol. The van der Waals surface area contributed by atoms with Crippen molar-refractivity contribution >= 4 is 28.4 Å². The molecule has 2 fully saturated rings. The number of amides is 1. The standard InChI is InChI=1S/C27H30N6O/c28-19-22(27(34)29-20-9-3-1-4-10-20)25-26(31-24-14-8-7-13-23(24)30-25)33-17-15-32(16-18-33)21-11-5-2-6-12-21/h2,5-8,11-14,20,22H,1,3-4,9-10,15-18H2,(H,29,34). The highest BCUT2D eigenvalue weighted by Crippen LogP contribution is 2.29. The zero-order valence-electron chi connectivity index (χ0n) is 19.4. The summed E-state index contributed by atoms with van der Waals surface area (Å²) in [5.41, 5.74) is 3.14. The smallest absolute Gasteiger partial charge is 0.243 e. The molecule has 1 atom stereocenters. The first-order valence-electron chi connectivity index (χ1n) is 12.2. The fourth-order valence-corrected chi connectivity index (χ4v) is 5.02. The van der Waals surface area contributed by atoms with E-state index in [4.69, 9.17) is 9.97 Å². The molecule has 7 nitrogen and oxygen atoms in total. The second kappa shape index (κ2) is 10.1. The molecule has 0 radical (unpaired) electrons. The Kier molecular flexibility index (Phi) is 6.57. The van der Waals surface area contributed by atoms with E-state index in [2.05, 4.69) is 45.5 Å². The van der Waals surface area contributed by atoms with Crippen molar-refractivity contribution in [3.63, 3.8) is 0 Å². The summed E-state index contributed by atoms with van der Waals surface area (Å²) < 4.78 is 0. The van der Waals surface area contributed by atoms with Crippen LogP contribution in [0.15, 0.2) is 54.6 Å². The number of carbonyl (C=O) groups excluding carboxylic acids is 1. The lowest BCUT2D eigenvalue weighted by atomic mass is 9.94. The highest BCUT2D eigenvalue weighted by Gasteiger charge is 2.31. The molecule has 1 amide bonds. The van der Waals surface area contributed by atoms with E-state index in [1.165, 1.54) is 12.1 Å². The number of carbonyl (C=O) groups is 1. The van der Waals surface area contributed by atoms with Crippen LogP contribution in [-0.4, -0.2) is 48.1 Å². The number of nitriles is 1. The van der Waals surface area contributed by atoms with Gasteiger partial charge in [0.25, 0.3) is 0 Å². The Labute approximate surface area is 200 Å². The maximum atomic E-state index is 13.2. The van der Waals surface area contributed by atoms with Crippen molar-refractivity contribution in [2.24, 2.45) is 0 Å². The van der Waals surface area contributed by atoms with Crippen molar-refractivity contribution in [3.05, 3.63) is 60.3 Å². The minimum atomic E-state index is -0.985. The number of benzene rings is 2. The van der Waals surface area contributed by atoms with E-state index in [9.17, 15) is 10.1 Å². The van der Waals surface area contributed by atoms with E-state index < -0.39 is 5.92 Å². The number of para-hydroxylation sites is 3. The molecule has 7 heteroatoms. The molecule has 174 valence electrons. The second-order valence-electron chi connectivity index (χ2n) is 9.14. The Bertz CT molecular complexity index is 1180. The van der Waals surface area contributed by atoms with Gasteiger partial charge < -0.3 is 15.1 Å². The summed E-state index contributed by atoms with van der Waals surface area (Å²) >= 11 is 0. The van der Waals surface area contributed by atoms with Gasteiger partial charge in [-0.05, 0) is 37.1 Å². The first-order valence-corrected chi connectivity index (χ1v) is 12.2. The Hall–Kier alpha value is -3.66.